The fourth-order valence-electron chi connectivity index (χ4n) is 0.996. The molecule has 0 aromatic carbocycles. The Morgan fingerprint density at radius 1 is 0.769 bits per heavy atom. The SMILES string of the molecule is CCO.NCCCCCCCCN. The third kappa shape index (κ3) is 24.5. The maximum atomic E-state index is 7.57. The second-order valence-corrected chi connectivity index (χ2v) is 3.01. The largest absolute Gasteiger partial charge is 0.397 e. The number of rotatable bonds is 7. The minimum absolute atomic E-state index is 0.250. The van der Waals surface area contributed by atoms with Crippen LogP contribution in [0, 0.1) is 0 Å². The van der Waals surface area contributed by atoms with Crippen LogP contribution in [-0.2, 0) is 0 Å². The van der Waals surface area contributed by atoms with E-state index in [-0.39, 0.29) is 6.61 Å². The number of hydrogen-bond acceptors (Lipinski definition) is 3. The van der Waals surface area contributed by atoms with Crippen molar-refractivity contribution in [2.24, 2.45) is 11.5 Å². The summed E-state index contributed by atoms with van der Waals surface area (Å²) in [6.07, 6.45) is 7.61. The molecule has 0 aromatic heterocycles. The van der Waals surface area contributed by atoms with Crippen molar-refractivity contribution in [2.45, 2.75) is 45.4 Å². The maximum Gasteiger partial charge on any atom is 0.0402 e. The highest BCUT2D eigenvalue weighted by Gasteiger charge is 1.87. The summed E-state index contributed by atoms with van der Waals surface area (Å²) in [5.74, 6) is 0. The summed E-state index contributed by atoms with van der Waals surface area (Å²) in [6.45, 7) is 3.62. The quantitative estimate of drug-likeness (QED) is 0.529. The zero-order valence-corrected chi connectivity index (χ0v) is 8.97. The van der Waals surface area contributed by atoms with E-state index in [0.29, 0.717) is 0 Å². The Kier molecular flexibility index (Phi) is 21.1. The van der Waals surface area contributed by atoms with Crippen molar-refractivity contribution >= 4 is 0 Å². The van der Waals surface area contributed by atoms with E-state index in [1.807, 2.05) is 0 Å². The van der Waals surface area contributed by atoms with Gasteiger partial charge in [-0.15, -0.1) is 0 Å². The van der Waals surface area contributed by atoms with Crippen molar-refractivity contribution in [1.29, 1.82) is 0 Å². The third-order valence-electron chi connectivity index (χ3n) is 1.66. The molecule has 0 bridgehead atoms. The zero-order valence-electron chi connectivity index (χ0n) is 8.97. The standard InChI is InChI=1S/C8H20N2.C2H6O/c9-7-5-3-1-2-4-6-8-10;1-2-3/h1-10H2;3H,2H2,1H3. The van der Waals surface area contributed by atoms with E-state index in [9.17, 15) is 0 Å². The summed E-state index contributed by atoms with van der Waals surface area (Å²) < 4.78 is 0. The van der Waals surface area contributed by atoms with E-state index in [1.54, 1.807) is 6.92 Å². The molecule has 0 unspecified atom stereocenters. The number of unbranched alkanes of at least 4 members (excludes halogenated alkanes) is 5. The van der Waals surface area contributed by atoms with E-state index in [2.05, 4.69) is 0 Å². The van der Waals surface area contributed by atoms with Gasteiger partial charge in [-0.25, -0.2) is 0 Å². The Morgan fingerprint density at radius 3 is 1.23 bits per heavy atom. The van der Waals surface area contributed by atoms with E-state index >= 15 is 0 Å². The molecule has 0 spiro atoms. The lowest BCUT2D eigenvalue weighted by atomic mass is 10.1. The lowest BCUT2D eigenvalue weighted by molar-refractivity contribution is 0.318. The second kappa shape index (κ2) is 17.8. The normalized spacial score (nSPS) is 9.23. The van der Waals surface area contributed by atoms with Gasteiger partial charge in [0.1, 0.15) is 0 Å². The van der Waals surface area contributed by atoms with Gasteiger partial charge in [0.05, 0.1) is 0 Å². The van der Waals surface area contributed by atoms with Gasteiger partial charge in [0.15, 0.2) is 0 Å². The van der Waals surface area contributed by atoms with Gasteiger partial charge in [0.2, 0.25) is 0 Å². The summed E-state index contributed by atoms with van der Waals surface area (Å²) in [4.78, 5) is 0. The Hall–Kier alpha value is -0.120. The fourth-order valence-corrected chi connectivity index (χ4v) is 0.996. The monoisotopic (exact) mass is 190 g/mol. The zero-order chi connectivity index (χ0) is 10.4. The number of aliphatic hydroxyl groups excluding tert-OH is 1. The van der Waals surface area contributed by atoms with Gasteiger partial charge in [-0.3, -0.25) is 0 Å². The molecule has 0 saturated carbocycles. The average Bonchev–Trinajstić information content (AvgIpc) is 2.13. The first-order valence-electron chi connectivity index (χ1n) is 5.34. The summed E-state index contributed by atoms with van der Waals surface area (Å²) in [5, 5.41) is 7.57. The van der Waals surface area contributed by atoms with Crippen molar-refractivity contribution < 1.29 is 5.11 Å². The lowest BCUT2D eigenvalue weighted by Gasteiger charge is -1.97. The molecule has 0 aliphatic carbocycles. The van der Waals surface area contributed by atoms with Crippen LogP contribution in [-0.4, -0.2) is 24.8 Å². The van der Waals surface area contributed by atoms with Crippen LogP contribution >= 0.6 is 0 Å². The molecule has 0 aliphatic heterocycles. The molecule has 82 valence electrons. The van der Waals surface area contributed by atoms with Crippen LogP contribution in [0.15, 0.2) is 0 Å². The van der Waals surface area contributed by atoms with Crippen LogP contribution in [0.5, 0.6) is 0 Å². The van der Waals surface area contributed by atoms with Gasteiger partial charge >= 0.3 is 0 Å². The highest BCUT2D eigenvalue weighted by atomic mass is 16.2. The minimum Gasteiger partial charge on any atom is -0.397 e. The van der Waals surface area contributed by atoms with Crippen LogP contribution in [0.25, 0.3) is 0 Å². The first-order valence-corrected chi connectivity index (χ1v) is 5.34. The van der Waals surface area contributed by atoms with Gasteiger partial charge in [0.25, 0.3) is 0 Å². The van der Waals surface area contributed by atoms with Crippen molar-refractivity contribution in [1.82, 2.24) is 0 Å². The molecule has 0 radical (unpaired) electrons. The van der Waals surface area contributed by atoms with Gasteiger partial charge in [-0.1, -0.05) is 25.7 Å². The molecule has 0 heterocycles. The molecule has 13 heavy (non-hydrogen) atoms. The Morgan fingerprint density at radius 2 is 1.00 bits per heavy atom. The molecular formula is C10H26N2O. The smallest absolute Gasteiger partial charge is 0.0402 e. The highest BCUT2D eigenvalue weighted by molar-refractivity contribution is 4.45. The predicted octanol–water partition coefficient (Wildman–Crippen LogP) is 1.24. The molecule has 3 heteroatoms. The molecule has 5 N–H and O–H groups in total. The Labute approximate surface area is 82.5 Å². The van der Waals surface area contributed by atoms with Crippen molar-refractivity contribution in [3.8, 4) is 0 Å². The Bertz CT molecular complexity index is 61.9. The molecule has 3 nitrogen and oxygen atoms in total. The third-order valence-corrected chi connectivity index (χ3v) is 1.66. The van der Waals surface area contributed by atoms with E-state index < -0.39 is 0 Å². The van der Waals surface area contributed by atoms with Gasteiger partial charge in [-0.2, -0.15) is 0 Å². The molecule has 0 aromatic rings. The minimum atomic E-state index is 0.250. The fraction of sp³-hybridized carbons (Fsp3) is 1.00. The molecule has 0 amide bonds. The second-order valence-electron chi connectivity index (χ2n) is 3.01. The van der Waals surface area contributed by atoms with Crippen LogP contribution in [0.2, 0.25) is 0 Å². The summed E-state index contributed by atoms with van der Waals surface area (Å²) in [5.41, 5.74) is 10.7. The molecule has 0 saturated heterocycles. The molecule has 0 fully saturated rings. The summed E-state index contributed by atoms with van der Waals surface area (Å²) in [7, 11) is 0. The topological polar surface area (TPSA) is 72.3 Å². The van der Waals surface area contributed by atoms with E-state index in [4.69, 9.17) is 16.6 Å². The number of nitrogens with two attached hydrogens (primary N) is 2. The predicted molar refractivity (Wildman–Crippen MR) is 58.6 cm³/mol. The average molecular weight is 190 g/mol. The van der Waals surface area contributed by atoms with Crippen molar-refractivity contribution in [3.05, 3.63) is 0 Å². The van der Waals surface area contributed by atoms with E-state index in [0.717, 1.165) is 13.1 Å². The summed E-state index contributed by atoms with van der Waals surface area (Å²) >= 11 is 0. The van der Waals surface area contributed by atoms with Crippen LogP contribution < -0.4 is 11.5 Å². The van der Waals surface area contributed by atoms with Crippen molar-refractivity contribution in [3.63, 3.8) is 0 Å². The molecular weight excluding hydrogens is 164 g/mol. The molecule has 0 rings (SSSR count). The Balaban J connectivity index is 0. The number of hydrogen-bond donors (Lipinski definition) is 3. The lowest BCUT2D eigenvalue weighted by Crippen LogP contribution is -1.99. The van der Waals surface area contributed by atoms with Gasteiger partial charge in [0, 0.05) is 6.61 Å². The highest BCUT2D eigenvalue weighted by Crippen LogP contribution is 2.03. The number of aliphatic hydroxyl groups is 1. The van der Waals surface area contributed by atoms with Crippen LogP contribution in [0.3, 0.4) is 0 Å². The first-order chi connectivity index (χ1) is 6.33. The van der Waals surface area contributed by atoms with Gasteiger partial charge < -0.3 is 16.6 Å². The molecule has 0 aliphatic rings. The van der Waals surface area contributed by atoms with E-state index in [1.165, 1.54) is 38.5 Å². The van der Waals surface area contributed by atoms with Crippen LogP contribution in [0.1, 0.15) is 45.4 Å². The maximum absolute atomic E-state index is 7.57. The van der Waals surface area contributed by atoms with Crippen molar-refractivity contribution in [2.75, 3.05) is 19.7 Å². The summed E-state index contributed by atoms with van der Waals surface area (Å²) in [6, 6.07) is 0. The van der Waals surface area contributed by atoms with Gasteiger partial charge in [-0.05, 0) is 32.9 Å². The first kappa shape index (κ1) is 15.4. The van der Waals surface area contributed by atoms with Crippen LogP contribution in [0.4, 0.5) is 0 Å². The molecule has 0 atom stereocenters.